The maximum Gasteiger partial charge on any atom is 0.326 e. The fourth-order valence-corrected chi connectivity index (χ4v) is 6.89. The van der Waals surface area contributed by atoms with Crippen molar-refractivity contribution in [3.05, 3.63) is 36.5 Å². The zero-order valence-electron chi connectivity index (χ0n) is 36.0. The van der Waals surface area contributed by atoms with Crippen LogP contribution in [-0.4, -0.2) is 41.6 Å². The van der Waals surface area contributed by atoms with Crippen molar-refractivity contribution in [3.63, 3.8) is 0 Å². The van der Waals surface area contributed by atoms with E-state index in [1.165, 1.54) is 116 Å². The van der Waals surface area contributed by atoms with Crippen LogP contribution in [0.3, 0.4) is 0 Å². The molecule has 7 nitrogen and oxygen atoms in total. The largest absolute Gasteiger partial charge is 0.480 e. The summed E-state index contributed by atoms with van der Waals surface area (Å²) in [7, 11) is 0. The highest BCUT2D eigenvalue weighted by molar-refractivity contribution is 5.83. The fraction of sp³-hybridized carbons (Fsp3) is 0.812. The first kappa shape index (κ1) is 52.6. The van der Waals surface area contributed by atoms with Crippen LogP contribution in [-0.2, 0) is 19.1 Å². The normalized spacial score (nSPS) is 12.9. The van der Waals surface area contributed by atoms with Gasteiger partial charge in [0.1, 0.15) is 12.1 Å². The number of hydrogen-bond acceptors (Lipinski definition) is 5. The third-order valence-corrected chi connectivity index (χ3v) is 10.4. The molecule has 0 aromatic carbocycles. The summed E-state index contributed by atoms with van der Waals surface area (Å²) in [6.07, 6.45) is 50.5. The highest BCUT2D eigenvalue weighted by atomic mass is 16.5. The molecule has 1 amide bonds. The van der Waals surface area contributed by atoms with E-state index >= 15 is 0 Å². The van der Waals surface area contributed by atoms with Crippen LogP contribution in [0.2, 0.25) is 0 Å². The van der Waals surface area contributed by atoms with E-state index in [9.17, 15) is 19.5 Å². The Morgan fingerprint density at radius 3 is 1.49 bits per heavy atom. The van der Waals surface area contributed by atoms with Crippen LogP contribution in [0.25, 0.3) is 0 Å². The molecule has 0 aliphatic carbocycles. The number of carboxylic acids is 1. The van der Waals surface area contributed by atoms with Gasteiger partial charge in [-0.15, -0.1) is 0 Å². The number of unbranched alkanes of at least 4 members (excludes halogenated alkanes) is 22. The molecule has 0 aliphatic rings. The lowest BCUT2D eigenvalue weighted by atomic mass is 10.0. The van der Waals surface area contributed by atoms with Gasteiger partial charge in [0.15, 0.2) is 0 Å². The second-order valence-electron chi connectivity index (χ2n) is 15.8. The van der Waals surface area contributed by atoms with Gasteiger partial charge in [-0.05, 0) is 109 Å². The molecule has 0 rings (SSSR count). The van der Waals surface area contributed by atoms with Gasteiger partial charge in [-0.1, -0.05) is 153 Å². The quantitative estimate of drug-likeness (QED) is 0.0323. The second-order valence-corrected chi connectivity index (χ2v) is 15.8. The van der Waals surface area contributed by atoms with Gasteiger partial charge in [-0.25, -0.2) is 4.79 Å². The molecule has 4 N–H and O–H groups in total. The first-order chi connectivity index (χ1) is 26.9. The predicted molar refractivity (Wildman–Crippen MR) is 234 cm³/mol. The number of nitrogens with one attached hydrogen (secondary N) is 1. The van der Waals surface area contributed by atoms with Crippen molar-refractivity contribution in [2.45, 2.75) is 244 Å². The van der Waals surface area contributed by atoms with Crippen LogP contribution in [0, 0.1) is 0 Å². The van der Waals surface area contributed by atoms with Crippen molar-refractivity contribution in [3.8, 4) is 0 Å². The highest BCUT2D eigenvalue weighted by Gasteiger charge is 2.19. The number of carboxylic acid groups (broad SMARTS) is 1. The van der Waals surface area contributed by atoms with E-state index in [1.54, 1.807) is 0 Å². The van der Waals surface area contributed by atoms with Crippen LogP contribution in [0.5, 0.6) is 0 Å². The molecule has 0 radical (unpaired) electrons. The minimum atomic E-state index is -1.01. The Balaban J connectivity index is 4.38. The van der Waals surface area contributed by atoms with Crippen molar-refractivity contribution >= 4 is 17.8 Å². The van der Waals surface area contributed by atoms with Crippen LogP contribution in [0.15, 0.2) is 36.5 Å². The summed E-state index contributed by atoms with van der Waals surface area (Å²) < 4.78 is 6.03. The average molecular weight is 773 g/mol. The Bertz CT molecular complexity index is 962. The molecule has 0 bridgehead atoms. The Kier molecular flexibility index (Phi) is 40.9. The van der Waals surface area contributed by atoms with Gasteiger partial charge in [0, 0.05) is 12.8 Å². The topological polar surface area (TPSA) is 119 Å². The lowest BCUT2D eigenvalue weighted by Crippen LogP contribution is -2.40. The number of hydrogen-bond donors (Lipinski definition) is 3. The number of aliphatic carboxylic acids is 1. The Morgan fingerprint density at radius 1 is 0.527 bits per heavy atom. The van der Waals surface area contributed by atoms with Crippen molar-refractivity contribution in [2.75, 3.05) is 6.54 Å². The van der Waals surface area contributed by atoms with E-state index in [1.807, 2.05) is 0 Å². The number of rotatable bonds is 42. The third kappa shape index (κ3) is 39.6. The number of ether oxygens (including phenoxy) is 1. The van der Waals surface area contributed by atoms with E-state index in [2.05, 4.69) is 55.6 Å². The van der Waals surface area contributed by atoms with Gasteiger partial charge >= 0.3 is 11.9 Å². The Labute approximate surface area is 339 Å². The van der Waals surface area contributed by atoms with Gasteiger partial charge in [0.25, 0.3) is 0 Å². The molecular formula is C48H88N2O5. The SMILES string of the molecule is CCCCCCC/C=C\C/C=C\CCCC(CCCCCCCC(=O)NC(CCCN)C(=O)O)OC(=O)CCCCCCC/C=C\CCCCCCCCC. The molecular weight excluding hydrogens is 685 g/mol. The Hall–Kier alpha value is -2.41. The standard InChI is InChI=1S/C48H88N2O5/c1-3-5-7-9-11-13-15-17-18-19-21-23-25-27-32-36-42-47(52)55-44(38-33-29-26-24-22-20-16-14-12-10-8-6-4-2)39-34-30-28-31-35-41-46(51)50-45(48(53)54)40-37-43-49/h16,18-20,24,26,44-45H,3-15,17,21-23,25,27-43,49H2,1-2H3,(H,50,51)(H,53,54)/b19-18-,20-16-,26-24-. The number of nitrogens with two attached hydrogens (primary N) is 1. The van der Waals surface area contributed by atoms with E-state index in [-0.39, 0.29) is 18.0 Å². The van der Waals surface area contributed by atoms with Crippen molar-refractivity contribution < 1.29 is 24.2 Å². The van der Waals surface area contributed by atoms with Crippen LogP contribution in [0.4, 0.5) is 0 Å². The number of esters is 1. The third-order valence-electron chi connectivity index (χ3n) is 10.4. The summed E-state index contributed by atoms with van der Waals surface area (Å²) in [5.41, 5.74) is 5.49. The minimum absolute atomic E-state index is 0.0337. The maximum atomic E-state index is 12.8. The molecule has 0 spiro atoms. The van der Waals surface area contributed by atoms with Gasteiger partial charge in [-0.2, -0.15) is 0 Å². The maximum absolute atomic E-state index is 12.8. The molecule has 0 saturated heterocycles. The first-order valence-electron chi connectivity index (χ1n) is 23.3. The average Bonchev–Trinajstić information content (AvgIpc) is 3.17. The summed E-state index contributed by atoms with van der Waals surface area (Å²) in [5, 5.41) is 11.9. The zero-order valence-corrected chi connectivity index (χ0v) is 36.0. The Morgan fingerprint density at radius 2 is 0.964 bits per heavy atom. The summed E-state index contributed by atoms with van der Waals surface area (Å²) >= 11 is 0. The first-order valence-corrected chi connectivity index (χ1v) is 23.3. The van der Waals surface area contributed by atoms with Gasteiger partial charge in [-0.3, -0.25) is 9.59 Å². The molecule has 320 valence electrons. The number of amides is 1. The van der Waals surface area contributed by atoms with E-state index in [0.717, 1.165) is 77.0 Å². The molecule has 2 unspecified atom stereocenters. The second kappa shape index (κ2) is 42.7. The summed E-state index contributed by atoms with van der Waals surface area (Å²) in [6.45, 7) is 4.94. The molecule has 55 heavy (non-hydrogen) atoms. The monoisotopic (exact) mass is 773 g/mol. The van der Waals surface area contributed by atoms with Crippen molar-refractivity contribution in [1.29, 1.82) is 0 Å². The molecule has 0 fully saturated rings. The van der Waals surface area contributed by atoms with Crippen LogP contribution in [0.1, 0.15) is 232 Å². The molecule has 0 aromatic rings. The van der Waals surface area contributed by atoms with Crippen molar-refractivity contribution in [1.82, 2.24) is 5.32 Å². The summed E-state index contributed by atoms with van der Waals surface area (Å²) in [4.78, 5) is 36.4. The zero-order chi connectivity index (χ0) is 40.3. The van der Waals surface area contributed by atoms with Gasteiger partial charge in [0.2, 0.25) is 5.91 Å². The molecule has 7 heteroatoms. The highest BCUT2D eigenvalue weighted by Crippen LogP contribution is 2.18. The lowest BCUT2D eigenvalue weighted by Gasteiger charge is -2.18. The summed E-state index contributed by atoms with van der Waals surface area (Å²) in [6, 6.07) is -0.861. The van der Waals surface area contributed by atoms with E-state index in [0.29, 0.717) is 32.2 Å². The van der Waals surface area contributed by atoms with Crippen LogP contribution < -0.4 is 11.1 Å². The molecule has 2 atom stereocenters. The molecule has 0 aromatic heterocycles. The minimum Gasteiger partial charge on any atom is -0.480 e. The molecule has 0 heterocycles. The van der Waals surface area contributed by atoms with Crippen molar-refractivity contribution in [2.24, 2.45) is 5.73 Å². The van der Waals surface area contributed by atoms with Gasteiger partial charge < -0.3 is 20.9 Å². The fourth-order valence-electron chi connectivity index (χ4n) is 6.89. The smallest absolute Gasteiger partial charge is 0.326 e. The summed E-state index contributed by atoms with van der Waals surface area (Å²) in [5.74, 6) is -1.27. The number of allylic oxidation sites excluding steroid dienone is 6. The van der Waals surface area contributed by atoms with Crippen LogP contribution >= 0.6 is 0 Å². The molecule has 0 saturated carbocycles. The molecule has 0 aliphatic heterocycles. The van der Waals surface area contributed by atoms with E-state index < -0.39 is 12.0 Å². The van der Waals surface area contributed by atoms with Gasteiger partial charge in [0.05, 0.1) is 0 Å². The van der Waals surface area contributed by atoms with E-state index in [4.69, 9.17) is 10.5 Å². The number of carbonyl (C=O) groups excluding carboxylic acids is 2. The predicted octanol–water partition coefficient (Wildman–Crippen LogP) is 13.4. The number of carbonyl (C=O) groups is 3. The lowest BCUT2D eigenvalue weighted by molar-refractivity contribution is -0.150.